The first kappa shape index (κ1) is 11.1. The maximum absolute atomic E-state index is 9.15. The fourth-order valence-corrected chi connectivity index (χ4v) is 1.69. The monoisotopic (exact) mass is 194 g/mol. The molecule has 0 saturated heterocycles. The van der Waals surface area contributed by atoms with Gasteiger partial charge in [-0.05, 0) is 42.9 Å². The average molecular weight is 194 g/mol. The van der Waals surface area contributed by atoms with Gasteiger partial charge in [-0.1, -0.05) is 19.1 Å². The Morgan fingerprint density at radius 2 is 1.86 bits per heavy atom. The van der Waals surface area contributed by atoms with Crippen LogP contribution in [0.2, 0.25) is 0 Å². The summed E-state index contributed by atoms with van der Waals surface area (Å²) in [5, 5.41) is 17.9. The Bertz CT molecular complexity index is 254. The lowest BCUT2D eigenvalue weighted by molar-refractivity contribution is 0.279. The number of hydrogen-bond donors (Lipinski definition) is 2. The van der Waals surface area contributed by atoms with Crippen molar-refractivity contribution in [2.75, 3.05) is 6.61 Å². The largest absolute Gasteiger partial charge is 0.508 e. The minimum atomic E-state index is 0.259. The van der Waals surface area contributed by atoms with Crippen LogP contribution in [0.4, 0.5) is 0 Å². The number of phenols is 1. The van der Waals surface area contributed by atoms with Gasteiger partial charge in [-0.3, -0.25) is 0 Å². The summed E-state index contributed by atoms with van der Waals surface area (Å²) in [6.45, 7) is 2.41. The second-order valence-corrected chi connectivity index (χ2v) is 3.56. The molecule has 0 heterocycles. The molecule has 78 valence electrons. The molecule has 2 N–H and O–H groups in total. The quantitative estimate of drug-likeness (QED) is 0.756. The topological polar surface area (TPSA) is 40.5 Å². The SMILES string of the molecule is CCC(CCCO)c1ccc(O)cc1. The standard InChI is InChI=1S/C12H18O2/c1-2-10(4-3-9-13)11-5-7-12(14)8-6-11/h5-8,10,13-14H,2-4,9H2,1H3. The van der Waals surface area contributed by atoms with Crippen LogP contribution >= 0.6 is 0 Å². The second kappa shape index (κ2) is 5.66. The molecule has 2 nitrogen and oxygen atoms in total. The third-order valence-corrected chi connectivity index (χ3v) is 2.57. The van der Waals surface area contributed by atoms with E-state index < -0.39 is 0 Å². The van der Waals surface area contributed by atoms with Crippen LogP contribution in [0.3, 0.4) is 0 Å². The lowest BCUT2D eigenvalue weighted by Gasteiger charge is -2.14. The average Bonchev–Trinajstić information content (AvgIpc) is 2.21. The van der Waals surface area contributed by atoms with Gasteiger partial charge in [0, 0.05) is 6.61 Å². The number of phenolic OH excluding ortho intramolecular Hbond substituents is 1. The van der Waals surface area contributed by atoms with Crippen LogP contribution in [-0.4, -0.2) is 16.8 Å². The van der Waals surface area contributed by atoms with E-state index in [2.05, 4.69) is 6.92 Å². The first-order chi connectivity index (χ1) is 6.77. The van der Waals surface area contributed by atoms with Gasteiger partial charge in [0.25, 0.3) is 0 Å². The zero-order valence-electron chi connectivity index (χ0n) is 8.61. The maximum Gasteiger partial charge on any atom is 0.115 e. The fraction of sp³-hybridized carbons (Fsp3) is 0.500. The molecule has 0 aliphatic heterocycles. The predicted octanol–water partition coefficient (Wildman–Crippen LogP) is 2.66. The van der Waals surface area contributed by atoms with Gasteiger partial charge in [-0.2, -0.15) is 0 Å². The summed E-state index contributed by atoms with van der Waals surface area (Å²) in [5.41, 5.74) is 1.25. The van der Waals surface area contributed by atoms with E-state index in [1.165, 1.54) is 5.56 Å². The highest BCUT2D eigenvalue weighted by molar-refractivity contribution is 5.28. The molecule has 0 spiro atoms. The lowest BCUT2D eigenvalue weighted by atomic mass is 9.92. The van der Waals surface area contributed by atoms with Gasteiger partial charge in [-0.25, -0.2) is 0 Å². The summed E-state index contributed by atoms with van der Waals surface area (Å²) in [6, 6.07) is 7.36. The van der Waals surface area contributed by atoms with Crippen molar-refractivity contribution in [3.8, 4) is 5.75 Å². The number of rotatable bonds is 5. The van der Waals surface area contributed by atoms with Gasteiger partial charge in [-0.15, -0.1) is 0 Å². The highest BCUT2D eigenvalue weighted by Crippen LogP contribution is 2.25. The smallest absolute Gasteiger partial charge is 0.115 e. The number of aliphatic hydroxyl groups excluding tert-OH is 1. The summed E-state index contributed by atoms with van der Waals surface area (Å²) in [4.78, 5) is 0. The van der Waals surface area contributed by atoms with Crippen LogP contribution in [-0.2, 0) is 0 Å². The van der Waals surface area contributed by atoms with E-state index in [1.807, 2.05) is 12.1 Å². The molecule has 0 amide bonds. The Balaban J connectivity index is 2.64. The first-order valence-corrected chi connectivity index (χ1v) is 5.17. The van der Waals surface area contributed by atoms with Crippen LogP contribution in [0.15, 0.2) is 24.3 Å². The van der Waals surface area contributed by atoms with Gasteiger partial charge in [0.1, 0.15) is 5.75 Å². The molecule has 0 aromatic heterocycles. The van der Waals surface area contributed by atoms with Gasteiger partial charge < -0.3 is 10.2 Å². The molecule has 0 radical (unpaired) electrons. The molecule has 14 heavy (non-hydrogen) atoms. The minimum absolute atomic E-state index is 0.259. The second-order valence-electron chi connectivity index (χ2n) is 3.56. The van der Waals surface area contributed by atoms with E-state index in [1.54, 1.807) is 12.1 Å². The zero-order chi connectivity index (χ0) is 10.4. The van der Waals surface area contributed by atoms with Crippen molar-refractivity contribution in [2.45, 2.75) is 32.1 Å². The molecule has 1 unspecified atom stereocenters. The zero-order valence-corrected chi connectivity index (χ0v) is 8.61. The molecule has 1 atom stereocenters. The summed E-state index contributed by atoms with van der Waals surface area (Å²) in [7, 11) is 0. The number of hydrogen-bond acceptors (Lipinski definition) is 2. The molecule has 1 aromatic rings. The number of benzene rings is 1. The van der Waals surface area contributed by atoms with E-state index in [-0.39, 0.29) is 6.61 Å². The van der Waals surface area contributed by atoms with Crippen molar-refractivity contribution >= 4 is 0 Å². The summed E-state index contributed by atoms with van der Waals surface area (Å²) < 4.78 is 0. The van der Waals surface area contributed by atoms with Crippen LogP contribution in [0.5, 0.6) is 5.75 Å². The van der Waals surface area contributed by atoms with Crippen LogP contribution in [0.25, 0.3) is 0 Å². The van der Waals surface area contributed by atoms with Crippen molar-refractivity contribution in [3.63, 3.8) is 0 Å². The normalized spacial score (nSPS) is 12.7. The molecular weight excluding hydrogens is 176 g/mol. The third kappa shape index (κ3) is 3.04. The first-order valence-electron chi connectivity index (χ1n) is 5.17. The molecule has 0 aliphatic carbocycles. The molecule has 0 saturated carbocycles. The molecule has 1 rings (SSSR count). The van der Waals surface area contributed by atoms with Crippen molar-refractivity contribution in [2.24, 2.45) is 0 Å². The van der Waals surface area contributed by atoms with E-state index in [0.29, 0.717) is 11.7 Å². The Labute approximate surface area is 85.2 Å². The Hall–Kier alpha value is -1.02. The van der Waals surface area contributed by atoms with Gasteiger partial charge in [0.05, 0.1) is 0 Å². The van der Waals surface area contributed by atoms with Crippen molar-refractivity contribution in [1.29, 1.82) is 0 Å². The Kier molecular flexibility index (Phi) is 4.47. The van der Waals surface area contributed by atoms with Gasteiger partial charge in [0.2, 0.25) is 0 Å². The van der Waals surface area contributed by atoms with Gasteiger partial charge >= 0.3 is 0 Å². The third-order valence-electron chi connectivity index (χ3n) is 2.57. The molecule has 0 fully saturated rings. The number of aliphatic hydroxyl groups is 1. The van der Waals surface area contributed by atoms with Crippen molar-refractivity contribution < 1.29 is 10.2 Å². The number of aromatic hydroxyl groups is 1. The van der Waals surface area contributed by atoms with Gasteiger partial charge in [0.15, 0.2) is 0 Å². The Morgan fingerprint density at radius 1 is 1.21 bits per heavy atom. The highest BCUT2D eigenvalue weighted by Gasteiger charge is 2.08. The Morgan fingerprint density at radius 3 is 2.36 bits per heavy atom. The molecule has 1 aromatic carbocycles. The minimum Gasteiger partial charge on any atom is -0.508 e. The predicted molar refractivity (Wildman–Crippen MR) is 57.5 cm³/mol. The molecular formula is C12H18O2. The highest BCUT2D eigenvalue weighted by atomic mass is 16.3. The summed E-state index contributed by atoms with van der Waals surface area (Å²) >= 11 is 0. The van der Waals surface area contributed by atoms with Crippen LogP contribution < -0.4 is 0 Å². The van der Waals surface area contributed by atoms with Crippen molar-refractivity contribution in [3.05, 3.63) is 29.8 Å². The molecule has 0 bridgehead atoms. The fourth-order valence-electron chi connectivity index (χ4n) is 1.69. The summed E-state index contributed by atoms with van der Waals surface area (Å²) in [6.07, 6.45) is 2.93. The molecule has 2 heteroatoms. The van der Waals surface area contributed by atoms with E-state index in [4.69, 9.17) is 10.2 Å². The van der Waals surface area contributed by atoms with E-state index >= 15 is 0 Å². The lowest BCUT2D eigenvalue weighted by Crippen LogP contribution is -1.98. The van der Waals surface area contributed by atoms with Crippen LogP contribution in [0.1, 0.15) is 37.7 Å². The maximum atomic E-state index is 9.15. The summed E-state index contributed by atoms with van der Waals surface area (Å²) in [5.74, 6) is 0.813. The van der Waals surface area contributed by atoms with E-state index in [9.17, 15) is 0 Å². The van der Waals surface area contributed by atoms with Crippen LogP contribution in [0, 0.1) is 0 Å². The van der Waals surface area contributed by atoms with Crippen molar-refractivity contribution in [1.82, 2.24) is 0 Å². The molecule has 0 aliphatic rings. The van der Waals surface area contributed by atoms with E-state index in [0.717, 1.165) is 19.3 Å².